The van der Waals surface area contributed by atoms with Crippen LogP contribution in [0.2, 0.25) is 0 Å². The number of nitrogens with one attached hydrogen (secondary N) is 1. The van der Waals surface area contributed by atoms with E-state index in [2.05, 4.69) is 10.3 Å². The maximum atomic E-state index is 12.2. The normalized spacial score (nSPS) is 10.6. The van der Waals surface area contributed by atoms with E-state index in [4.69, 9.17) is 4.74 Å². The van der Waals surface area contributed by atoms with Crippen molar-refractivity contribution in [2.45, 2.75) is 33.3 Å². The fourth-order valence-corrected chi connectivity index (χ4v) is 2.98. The summed E-state index contributed by atoms with van der Waals surface area (Å²) in [4.78, 5) is 28.7. The minimum absolute atomic E-state index is 0.143. The summed E-state index contributed by atoms with van der Waals surface area (Å²) in [5, 5.41) is 3.55. The highest BCUT2D eigenvalue weighted by Gasteiger charge is 2.16. The number of hydrogen-bond acceptors (Lipinski definition) is 5. The van der Waals surface area contributed by atoms with Gasteiger partial charge in [-0.25, -0.2) is 4.98 Å². The van der Waals surface area contributed by atoms with Gasteiger partial charge in [-0.3, -0.25) is 9.59 Å². The Morgan fingerprint density at radius 1 is 1.26 bits per heavy atom. The van der Waals surface area contributed by atoms with Gasteiger partial charge in [0.1, 0.15) is 9.88 Å². The maximum Gasteiger partial charge on any atom is 0.307 e. The lowest BCUT2D eigenvalue weighted by molar-refractivity contribution is -0.147. The first kappa shape index (κ1) is 17.1. The third kappa shape index (κ3) is 4.89. The molecular formula is C17H20N2O3S. The lowest BCUT2D eigenvalue weighted by Crippen LogP contribution is -2.27. The van der Waals surface area contributed by atoms with Crippen molar-refractivity contribution in [3.8, 4) is 10.6 Å². The van der Waals surface area contributed by atoms with Crippen molar-refractivity contribution >= 4 is 23.2 Å². The monoisotopic (exact) mass is 332 g/mol. The van der Waals surface area contributed by atoms with E-state index in [1.54, 1.807) is 13.8 Å². The molecular weight excluding hydrogens is 312 g/mol. The summed E-state index contributed by atoms with van der Waals surface area (Å²) in [6.07, 6.45) is 0.0169. The summed E-state index contributed by atoms with van der Waals surface area (Å²) < 4.78 is 5.02. The topological polar surface area (TPSA) is 68.3 Å². The van der Waals surface area contributed by atoms with Crippen LogP contribution in [0.3, 0.4) is 0 Å². The number of ether oxygens (including phenoxy) is 1. The first-order valence-corrected chi connectivity index (χ1v) is 8.29. The number of carbonyl (C=O) groups is 2. The Hall–Kier alpha value is -2.21. The van der Waals surface area contributed by atoms with Crippen LogP contribution in [-0.2, 0) is 9.53 Å². The van der Waals surface area contributed by atoms with Gasteiger partial charge in [0, 0.05) is 12.1 Å². The Labute approximate surface area is 139 Å². The smallest absolute Gasteiger partial charge is 0.307 e. The minimum Gasteiger partial charge on any atom is -0.463 e. The van der Waals surface area contributed by atoms with Gasteiger partial charge < -0.3 is 10.1 Å². The molecule has 0 aliphatic heterocycles. The van der Waals surface area contributed by atoms with Crippen LogP contribution in [-0.4, -0.2) is 29.5 Å². The zero-order chi connectivity index (χ0) is 16.8. The standard InChI is InChI=1S/C17H20N2O3S/c1-11(2)22-14(20)9-10-18-16(21)15-12(3)19-17(23-15)13-7-5-4-6-8-13/h4-8,11H,9-10H2,1-3H3,(H,18,21). The van der Waals surface area contributed by atoms with Crippen molar-refractivity contribution in [3.05, 3.63) is 40.9 Å². The van der Waals surface area contributed by atoms with Gasteiger partial charge in [0.2, 0.25) is 0 Å². The van der Waals surface area contributed by atoms with E-state index in [1.807, 2.05) is 37.3 Å². The molecule has 0 aliphatic rings. The molecule has 0 bridgehead atoms. The van der Waals surface area contributed by atoms with E-state index < -0.39 is 0 Å². The van der Waals surface area contributed by atoms with Gasteiger partial charge in [-0.15, -0.1) is 11.3 Å². The average Bonchev–Trinajstić information content (AvgIpc) is 2.89. The van der Waals surface area contributed by atoms with Crippen molar-refractivity contribution in [1.82, 2.24) is 10.3 Å². The molecule has 0 aliphatic carbocycles. The number of benzene rings is 1. The Morgan fingerprint density at radius 3 is 2.61 bits per heavy atom. The van der Waals surface area contributed by atoms with Crippen molar-refractivity contribution < 1.29 is 14.3 Å². The quantitative estimate of drug-likeness (QED) is 0.825. The lowest BCUT2D eigenvalue weighted by Gasteiger charge is -2.08. The molecule has 122 valence electrons. The average molecular weight is 332 g/mol. The van der Waals surface area contributed by atoms with Gasteiger partial charge in [0.05, 0.1) is 18.2 Å². The predicted octanol–water partition coefficient (Wildman–Crippen LogP) is 3.19. The summed E-state index contributed by atoms with van der Waals surface area (Å²) in [6.45, 7) is 5.65. The third-order valence-corrected chi connectivity index (χ3v) is 4.21. The van der Waals surface area contributed by atoms with Gasteiger partial charge in [-0.05, 0) is 20.8 Å². The molecule has 1 aromatic heterocycles. The van der Waals surface area contributed by atoms with Crippen LogP contribution in [0.25, 0.3) is 10.6 Å². The first-order valence-electron chi connectivity index (χ1n) is 7.48. The molecule has 0 unspecified atom stereocenters. The van der Waals surface area contributed by atoms with Crippen LogP contribution >= 0.6 is 11.3 Å². The summed E-state index contributed by atoms with van der Waals surface area (Å²) >= 11 is 1.35. The molecule has 1 heterocycles. The molecule has 0 radical (unpaired) electrons. The summed E-state index contributed by atoms with van der Waals surface area (Å²) in [5.74, 6) is -0.522. The molecule has 0 saturated heterocycles. The van der Waals surface area contributed by atoms with E-state index in [0.717, 1.165) is 10.6 Å². The van der Waals surface area contributed by atoms with Gasteiger partial charge >= 0.3 is 5.97 Å². The Kier molecular flexibility index (Phi) is 5.87. The van der Waals surface area contributed by atoms with Crippen LogP contribution in [0.1, 0.15) is 35.6 Å². The maximum absolute atomic E-state index is 12.2. The highest BCUT2D eigenvalue weighted by atomic mass is 32.1. The number of esters is 1. The predicted molar refractivity (Wildman–Crippen MR) is 90.5 cm³/mol. The van der Waals surface area contributed by atoms with Crippen LogP contribution in [0.5, 0.6) is 0 Å². The van der Waals surface area contributed by atoms with E-state index in [1.165, 1.54) is 11.3 Å². The highest BCUT2D eigenvalue weighted by Crippen LogP contribution is 2.27. The number of hydrogen-bond donors (Lipinski definition) is 1. The number of rotatable bonds is 6. The van der Waals surface area contributed by atoms with Crippen molar-refractivity contribution in [1.29, 1.82) is 0 Å². The summed E-state index contributed by atoms with van der Waals surface area (Å²) in [6, 6.07) is 9.73. The molecule has 0 fully saturated rings. The number of amides is 1. The molecule has 1 aromatic carbocycles. The number of aryl methyl sites for hydroxylation is 1. The Balaban J connectivity index is 1.95. The lowest BCUT2D eigenvalue weighted by atomic mass is 10.2. The molecule has 1 N–H and O–H groups in total. The van der Waals surface area contributed by atoms with Crippen molar-refractivity contribution in [3.63, 3.8) is 0 Å². The molecule has 2 aromatic rings. The second-order valence-corrected chi connectivity index (χ2v) is 6.34. The zero-order valence-electron chi connectivity index (χ0n) is 13.5. The van der Waals surface area contributed by atoms with Gasteiger partial charge in [-0.1, -0.05) is 30.3 Å². The van der Waals surface area contributed by atoms with Crippen LogP contribution in [0.15, 0.2) is 30.3 Å². The van der Waals surface area contributed by atoms with E-state index in [9.17, 15) is 9.59 Å². The minimum atomic E-state index is -0.314. The second kappa shape index (κ2) is 7.87. The van der Waals surface area contributed by atoms with Crippen LogP contribution in [0.4, 0.5) is 0 Å². The van der Waals surface area contributed by atoms with Crippen molar-refractivity contribution in [2.24, 2.45) is 0 Å². The van der Waals surface area contributed by atoms with Crippen molar-refractivity contribution in [2.75, 3.05) is 6.54 Å². The molecule has 1 amide bonds. The van der Waals surface area contributed by atoms with E-state index in [0.29, 0.717) is 10.6 Å². The fourth-order valence-electron chi connectivity index (χ4n) is 1.99. The molecule has 6 heteroatoms. The molecule has 0 spiro atoms. The third-order valence-electron chi connectivity index (χ3n) is 3.01. The molecule has 0 atom stereocenters. The SMILES string of the molecule is Cc1nc(-c2ccccc2)sc1C(=O)NCCC(=O)OC(C)C. The number of carbonyl (C=O) groups excluding carboxylic acids is 2. The Morgan fingerprint density at radius 2 is 1.96 bits per heavy atom. The first-order chi connectivity index (χ1) is 11.0. The van der Waals surface area contributed by atoms with E-state index >= 15 is 0 Å². The van der Waals surface area contributed by atoms with Crippen LogP contribution in [0, 0.1) is 6.92 Å². The fraction of sp³-hybridized carbons (Fsp3) is 0.353. The molecule has 0 saturated carbocycles. The molecule has 2 rings (SSSR count). The van der Waals surface area contributed by atoms with Gasteiger partial charge in [0.15, 0.2) is 0 Å². The Bertz CT molecular complexity index is 680. The summed E-state index contributed by atoms with van der Waals surface area (Å²) in [5.41, 5.74) is 1.68. The summed E-state index contributed by atoms with van der Waals surface area (Å²) in [7, 11) is 0. The zero-order valence-corrected chi connectivity index (χ0v) is 14.3. The molecule has 23 heavy (non-hydrogen) atoms. The highest BCUT2D eigenvalue weighted by molar-refractivity contribution is 7.17. The van der Waals surface area contributed by atoms with Gasteiger partial charge in [0.25, 0.3) is 5.91 Å². The molecule has 5 nitrogen and oxygen atoms in total. The van der Waals surface area contributed by atoms with E-state index in [-0.39, 0.29) is 30.9 Å². The largest absolute Gasteiger partial charge is 0.463 e. The van der Waals surface area contributed by atoms with Gasteiger partial charge in [-0.2, -0.15) is 0 Å². The second-order valence-electron chi connectivity index (χ2n) is 5.34. The van der Waals surface area contributed by atoms with Crippen LogP contribution < -0.4 is 5.32 Å². The number of nitrogens with zero attached hydrogens (tertiary/aromatic N) is 1. The number of aromatic nitrogens is 1. The number of thiazole rings is 1.